The van der Waals surface area contributed by atoms with Crippen LogP contribution in [0.1, 0.15) is 40.5 Å². The van der Waals surface area contributed by atoms with Crippen LogP contribution in [0.3, 0.4) is 0 Å². The highest BCUT2D eigenvalue weighted by atomic mass is 16.7. The van der Waals surface area contributed by atoms with Crippen LogP contribution in [0.15, 0.2) is 0 Å². The minimum absolute atomic E-state index is 0.246. The van der Waals surface area contributed by atoms with Gasteiger partial charge in [-0.1, -0.05) is 13.3 Å². The monoisotopic (exact) mass is 392 g/mol. The first-order valence-corrected chi connectivity index (χ1v) is 8.78. The number of hydrogen-bond donors (Lipinski definition) is 2. The molecule has 6 atom stereocenters. The number of unbranched alkanes of at least 4 members (excludes halogenated alkanes) is 1. The Labute approximate surface area is 157 Å². The van der Waals surface area contributed by atoms with Gasteiger partial charge >= 0.3 is 17.9 Å². The zero-order chi connectivity index (χ0) is 20.6. The van der Waals surface area contributed by atoms with E-state index < -0.39 is 61.3 Å². The molecular formula is C17H28O10. The molecule has 1 heterocycles. The maximum absolute atomic E-state index is 11.5. The fourth-order valence-corrected chi connectivity index (χ4v) is 2.59. The van der Waals surface area contributed by atoms with Gasteiger partial charge in [0.2, 0.25) is 6.29 Å². The Bertz CT molecular complexity index is 508. The lowest BCUT2D eigenvalue weighted by Crippen LogP contribution is -2.63. The molecule has 10 heteroatoms. The van der Waals surface area contributed by atoms with Gasteiger partial charge in [-0.25, -0.2) is 0 Å². The molecular weight excluding hydrogens is 364 g/mol. The van der Waals surface area contributed by atoms with Crippen LogP contribution in [0.2, 0.25) is 0 Å². The molecule has 10 nitrogen and oxygen atoms in total. The molecule has 0 aromatic carbocycles. The molecule has 0 aliphatic carbocycles. The van der Waals surface area contributed by atoms with Gasteiger partial charge < -0.3 is 33.9 Å². The maximum atomic E-state index is 11.5. The molecule has 0 saturated carbocycles. The van der Waals surface area contributed by atoms with Crippen molar-refractivity contribution in [3.63, 3.8) is 0 Å². The highest BCUT2D eigenvalue weighted by Gasteiger charge is 2.51. The zero-order valence-corrected chi connectivity index (χ0v) is 16.0. The van der Waals surface area contributed by atoms with Crippen molar-refractivity contribution in [2.45, 2.75) is 77.3 Å². The van der Waals surface area contributed by atoms with E-state index in [1.54, 1.807) is 0 Å². The first-order chi connectivity index (χ1) is 12.7. The van der Waals surface area contributed by atoms with Crippen molar-refractivity contribution >= 4 is 17.9 Å². The molecule has 0 aromatic heterocycles. The maximum Gasteiger partial charge on any atom is 0.305 e. The molecule has 27 heavy (non-hydrogen) atoms. The van der Waals surface area contributed by atoms with Crippen LogP contribution in [0.5, 0.6) is 0 Å². The molecule has 1 rings (SSSR count). The second kappa shape index (κ2) is 11.2. The normalized spacial score (nSPS) is 28.9. The van der Waals surface area contributed by atoms with Crippen LogP contribution in [0, 0.1) is 0 Å². The van der Waals surface area contributed by atoms with E-state index in [4.69, 9.17) is 23.7 Å². The topological polar surface area (TPSA) is 138 Å². The second-order valence-electron chi connectivity index (χ2n) is 6.20. The van der Waals surface area contributed by atoms with Gasteiger partial charge in [0, 0.05) is 27.4 Å². The van der Waals surface area contributed by atoms with E-state index >= 15 is 0 Å². The Morgan fingerprint density at radius 2 is 1.67 bits per heavy atom. The third-order valence-electron chi connectivity index (χ3n) is 3.79. The van der Waals surface area contributed by atoms with E-state index in [1.807, 2.05) is 6.92 Å². The number of ether oxygens (including phenoxy) is 5. The van der Waals surface area contributed by atoms with Crippen molar-refractivity contribution in [1.82, 2.24) is 0 Å². The van der Waals surface area contributed by atoms with Gasteiger partial charge in [-0.15, -0.1) is 0 Å². The summed E-state index contributed by atoms with van der Waals surface area (Å²) < 4.78 is 26.0. The molecule has 0 radical (unpaired) electrons. The lowest BCUT2D eigenvalue weighted by atomic mass is 9.95. The molecule has 156 valence electrons. The lowest BCUT2D eigenvalue weighted by molar-refractivity contribution is -0.311. The summed E-state index contributed by atoms with van der Waals surface area (Å²) in [6.45, 7) is 5.21. The highest BCUT2D eigenvalue weighted by Crippen LogP contribution is 2.29. The van der Waals surface area contributed by atoms with Crippen molar-refractivity contribution in [3.8, 4) is 0 Å². The van der Waals surface area contributed by atoms with Crippen LogP contribution in [-0.2, 0) is 38.1 Å². The van der Waals surface area contributed by atoms with Gasteiger partial charge in [0.1, 0.15) is 31.0 Å². The van der Waals surface area contributed by atoms with Crippen molar-refractivity contribution in [1.29, 1.82) is 0 Å². The van der Waals surface area contributed by atoms with Gasteiger partial charge in [0.25, 0.3) is 0 Å². The standard InChI is InChI=1S/C17H28O10/c1-5-6-7-23-15-13(22)14(12(21)8-24-9(2)18)27-17(26-11(4)20)16(15)25-10(3)19/h12-17,21-22H,5-8H2,1-4H3/t12-,13-,14?,15?,16+,17?/m1/s1. The number of esters is 3. The number of aliphatic hydroxyl groups is 2. The molecule has 3 unspecified atom stereocenters. The van der Waals surface area contributed by atoms with Gasteiger partial charge in [-0.05, 0) is 6.42 Å². The fourth-order valence-electron chi connectivity index (χ4n) is 2.59. The molecule has 1 saturated heterocycles. The minimum atomic E-state index is -1.43. The summed E-state index contributed by atoms with van der Waals surface area (Å²) in [6.07, 6.45) is -6.39. The molecule has 0 spiro atoms. The predicted molar refractivity (Wildman–Crippen MR) is 89.3 cm³/mol. The number of aliphatic hydroxyl groups excluding tert-OH is 2. The smallest absolute Gasteiger partial charge is 0.305 e. The van der Waals surface area contributed by atoms with Crippen LogP contribution in [-0.4, -0.2) is 78.1 Å². The highest BCUT2D eigenvalue weighted by molar-refractivity contribution is 5.67. The quantitative estimate of drug-likeness (QED) is 0.305. The average Bonchev–Trinajstić information content (AvgIpc) is 2.56. The Balaban J connectivity index is 3.05. The summed E-state index contributed by atoms with van der Waals surface area (Å²) in [5.74, 6) is -2.02. The number of carbonyl (C=O) groups excluding carboxylic acids is 3. The summed E-state index contributed by atoms with van der Waals surface area (Å²) in [6, 6.07) is 0. The van der Waals surface area contributed by atoms with E-state index in [2.05, 4.69) is 0 Å². The summed E-state index contributed by atoms with van der Waals surface area (Å²) in [4.78, 5) is 33.8. The van der Waals surface area contributed by atoms with Gasteiger partial charge in [0.05, 0.1) is 0 Å². The number of rotatable bonds is 9. The fraction of sp³-hybridized carbons (Fsp3) is 0.824. The Hall–Kier alpha value is -1.75. The summed E-state index contributed by atoms with van der Waals surface area (Å²) in [7, 11) is 0. The van der Waals surface area contributed by atoms with E-state index in [-0.39, 0.29) is 6.61 Å². The second-order valence-corrected chi connectivity index (χ2v) is 6.20. The lowest BCUT2D eigenvalue weighted by Gasteiger charge is -2.44. The minimum Gasteiger partial charge on any atom is -0.463 e. The number of hydrogen-bond acceptors (Lipinski definition) is 10. The average molecular weight is 392 g/mol. The molecule has 1 aliphatic heterocycles. The van der Waals surface area contributed by atoms with Gasteiger partial charge in [0.15, 0.2) is 6.10 Å². The van der Waals surface area contributed by atoms with Gasteiger partial charge in [-0.3, -0.25) is 14.4 Å². The van der Waals surface area contributed by atoms with Gasteiger partial charge in [-0.2, -0.15) is 0 Å². The molecule has 1 aliphatic rings. The number of carbonyl (C=O) groups is 3. The van der Waals surface area contributed by atoms with E-state index in [1.165, 1.54) is 6.92 Å². The molecule has 2 N–H and O–H groups in total. The first kappa shape index (κ1) is 23.3. The van der Waals surface area contributed by atoms with Crippen molar-refractivity contribution < 1.29 is 48.3 Å². The van der Waals surface area contributed by atoms with Crippen LogP contribution in [0.25, 0.3) is 0 Å². The van der Waals surface area contributed by atoms with Crippen molar-refractivity contribution in [2.24, 2.45) is 0 Å². The Kier molecular flexibility index (Phi) is 9.64. The van der Waals surface area contributed by atoms with E-state index in [9.17, 15) is 24.6 Å². The Morgan fingerprint density at radius 1 is 1.04 bits per heavy atom. The van der Waals surface area contributed by atoms with Crippen LogP contribution in [0.4, 0.5) is 0 Å². The molecule has 0 bridgehead atoms. The van der Waals surface area contributed by atoms with Crippen molar-refractivity contribution in [3.05, 3.63) is 0 Å². The van der Waals surface area contributed by atoms with Crippen LogP contribution >= 0.6 is 0 Å². The molecule has 0 amide bonds. The van der Waals surface area contributed by atoms with E-state index in [0.29, 0.717) is 6.42 Å². The predicted octanol–water partition coefficient (Wildman–Crippen LogP) is -0.324. The Morgan fingerprint density at radius 3 is 2.19 bits per heavy atom. The summed E-state index contributed by atoms with van der Waals surface area (Å²) in [5.41, 5.74) is 0. The third-order valence-corrected chi connectivity index (χ3v) is 3.79. The molecule has 1 fully saturated rings. The molecule has 0 aromatic rings. The van der Waals surface area contributed by atoms with E-state index in [0.717, 1.165) is 20.3 Å². The third kappa shape index (κ3) is 7.41. The SMILES string of the molecule is CCCCOC1[C@H](O)C([C@H](O)COC(C)=O)OC(OC(C)=O)[C@H]1OC(C)=O. The van der Waals surface area contributed by atoms with Crippen LogP contribution < -0.4 is 0 Å². The summed E-state index contributed by atoms with van der Waals surface area (Å²) in [5, 5.41) is 20.9. The van der Waals surface area contributed by atoms with Crippen molar-refractivity contribution in [2.75, 3.05) is 13.2 Å². The summed E-state index contributed by atoms with van der Waals surface area (Å²) >= 11 is 0. The zero-order valence-electron chi connectivity index (χ0n) is 16.0. The first-order valence-electron chi connectivity index (χ1n) is 8.78. The largest absolute Gasteiger partial charge is 0.463 e.